The number of rotatable bonds is 18. The van der Waals surface area contributed by atoms with E-state index < -0.39 is 29.2 Å². The van der Waals surface area contributed by atoms with Gasteiger partial charge in [0.05, 0.1) is 64.5 Å². The molecule has 0 aliphatic heterocycles. The van der Waals surface area contributed by atoms with Crippen LogP contribution in [0.4, 0.5) is 14.5 Å². The third-order valence-corrected chi connectivity index (χ3v) is 6.38. The summed E-state index contributed by atoms with van der Waals surface area (Å²) in [5.41, 5.74) is 9.41. The molecule has 1 aromatic carbocycles. The summed E-state index contributed by atoms with van der Waals surface area (Å²) in [7, 11) is 1.56. The van der Waals surface area contributed by atoms with Crippen LogP contribution in [0.3, 0.4) is 0 Å². The van der Waals surface area contributed by atoms with Crippen LogP contribution in [0.25, 0.3) is 10.4 Å². The van der Waals surface area contributed by atoms with Crippen LogP contribution in [-0.4, -0.2) is 83.3 Å². The van der Waals surface area contributed by atoms with Crippen LogP contribution in [0.15, 0.2) is 29.5 Å². The molecular weight excluding hydrogens is 584 g/mol. The first-order chi connectivity index (χ1) is 21.1. The number of carbonyl (C=O) groups is 3. The van der Waals surface area contributed by atoms with Crippen LogP contribution in [0.1, 0.15) is 37.8 Å². The van der Waals surface area contributed by atoms with Crippen molar-refractivity contribution in [2.45, 2.75) is 26.9 Å². The number of hydrogen-bond donors (Lipinski definition) is 2. The lowest BCUT2D eigenvalue weighted by molar-refractivity contribution is -0.117. The Labute approximate surface area is 251 Å². The summed E-state index contributed by atoms with van der Waals surface area (Å²) in [4.78, 5) is 41.3. The second kappa shape index (κ2) is 16.8. The first-order valence-electron chi connectivity index (χ1n) is 13.5. The van der Waals surface area contributed by atoms with E-state index in [9.17, 15) is 23.2 Å². The van der Waals surface area contributed by atoms with E-state index in [0.29, 0.717) is 57.6 Å². The molecule has 0 aliphatic rings. The number of carbonyl (C=O) groups excluding carboxylic acids is 3. The normalized spacial score (nSPS) is 10.8. The molecule has 0 spiro atoms. The van der Waals surface area contributed by atoms with Gasteiger partial charge < -0.3 is 29.4 Å². The molecular formula is C27H33F2N9O6. The van der Waals surface area contributed by atoms with E-state index in [1.807, 2.05) is 0 Å². The Balaban J connectivity index is 1.43. The van der Waals surface area contributed by atoms with Gasteiger partial charge in [-0.2, -0.15) is 0 Å². The van der Waals surface area contributed by atoms with Gasteiger partial charge in [-0.05, 0) is 37.1 Å². The highest BCUT2D eigenvalue weighted by Crippen LogP contribution is 2.23. The summed E-state index contributed by atoms with van der Waals surface area (Å²) < 4.78 is 45.9. The number of anilines is 1. The van der Waals surface area contributed by atoms with Crippen LogP contribution in [0, 0.1) is 25.5 Å². The smallest absolute Gasteiger partial charge is 0.292 e. The molecule has 3 aromatic rings. The minimum absolute atomic E-state index is 0.0322. The topological polar surface area (TPSA) is 187 Å². The van der Waals surface area contributed by atoms with Crippen molar-refractivity contribution in [3.63, 3.8) is 0 Å². The molecule has 2 aromatic heterocycles. The summed E-state index contributed by atoms with van der Waals surface area (Å²) >= 11 is 0. The monoisotopic (exact) mass is 617 g/mol. The first kappa shape index (κ1) is 33.8. The number of amides is 2. The van der Waals surface area contributed by atoms with Crippen molar-refractivity contribution in [3.8, 4) is 0 Å². The molecule has 0 unspecified atom stereocenters. The maximum atomic E-state index is 13.6. The zero-order valence-corrected chi connectivity index (χ0v) is 24.5. The molecule has 2 heterocycles. The third kappa shape index (κ3) is 9.40. The Kier molecular flexibility index (Phi) is 12.9. The van der Waals surface area contributed by atoms with Gasteiger partial charge in [-0.1, -0.05) is 10.3 Å². The number of nitrogens with zero attached hydrogens (tertiary/aromatic N) is 7. The average molecular weight is 618 g/mol. The highest BCUT2D eigenvalue weighted by atomic mass is 19.2. The van der Waals surface area contributed by atoms with Crippen molar-refractivity contribution in [3.05, 3.63) is 74.7 Å². The number of ether oxygens (including phenoxy) is 3. The van der Waals surface area contributed by atoms with Crippen LogP contribution in [0.2, 0.25) is 0 Å². The standard InChI is InChI=1S/C27H33F2N9O6/c1-17-23(18(2)37(3)24(17)26(40)33-19-4-5-21(28)22(29)14-19)25(39)27(41)31-15-20-16-38(36-34-20)7-9-43-11-13-44-12-10-42-8-6-32-35-30/h4-5,14,16H,6-13,15H2,1-3H3,(H,31,41)(H,33,40). The number of ketones is 1. The summed E-state index contributed by atoms with van der Waals surface area (Å²) in [5, 5.41) is 16.3. The number of benzene rings is 1. The second-order valence-electron chi connectivity index (χ2n) is 9.35. The fraction of sp³-hybridized carbons (Fsp3) is 0.444. The molecule has 0 aliphatic carbocycles. The molecule has 15 nitrogen and oxygen atoms in total. The Morgan fingerprint density at radius 3 is 2.39 bits per heavy atom. The van der Waals surface area contributed by atoms with Gasteiger partial charge in [0.2, 0.25) is 0 Å². The third-order valence-electron chi connectivity index (χ3n) is 6.38. The number of halogens is 2. The maximum absolute atomic E-state index is 13.6. The van der Waals surface area contributed by atoms with Crippen molar-refractivity contribution >= 4 is 23.3 Å². The van der Waals surface area contributed by atoms with E-state index in [1.165, 1.54) is 22.2 Å². The molecule has 3 rings (SSSR count). The van der Waals surface area contributed by atoms with Gasteiger partial charge in [0, 0.05) is 36.0 Å². The number of nitrogens with one attached hydrogen (secondary N) is 2. The minimum Gasteiger partial charge on any atom is -0.379 e. The molecule has 236 valence electrons. The van der Waals surface area contributed by atoms with E-state index in [0.717, 1.165) is 12.1 Å². The molecule has 2 amide bonds. The molecule has 17 heteroatoms. The van der Waals surface area contributed by atoms with Gasteiger partial charge in [-0.3, -0.25) is 14.4 Å². The van der Waals surface area contributed by atoms with Crippen LogP contribution in [0.5, 0.6) is 0 Å². The quantitative estimate of drug-likeness (QED) is 0.0544. The number of aromatic nitrogens is 4. The molecule has 0 radical (unpaired) electrons. The molecule has 0 bridgehead atoms. The predicted molar refractivity (Wildman–Crippen MR) is 152 cm³/mol. The van der Waals surface area contributed by atoms with Crippen molar-refractivity contribution in [2.24, 2.45) is 12.2 Å². The molecule has 2 N–H and O–H groups in total. The predicted octanol–water partition coefficient (Wildman–Crippen LogP) is 2.62. The largest absolute Gasteiger partial charge is 0.379 e. The molecule has 0 saturated heterocycles. The fourth-order valence-electron chi connectivity index (χ4n) is 4.14. The molecule has 0 atom stereocenters. The zero-order chi connectivity index (χ0) is 32.1. The van der Waals surface area contributed by atoms with Gasteiger partial charge in [-0.15, -0.1) is 5.10 Å². The van der Waals surface area contributed by atoms with Gasteiger partial charge in [0.15, 0.2) is 11.6 Å². The van der Waals surface area contributed by atoms with Crippen molar-refractivity contribution in [1.29, 1.82) is 0 Å². The van der Waals surface area contributed by atoms with Crippen LogP contribution >= 0.6 is 0 Å². The van der Waals surface area contributed by atoms with E-state index >= 15 is 0 Å². The molecule has 0 saturated carbocycles. The van der Waals surface area contributed by atoms with Gasteiger partial charge in [0.1, 0.15) is 11.4 Å². The summed E-state index contributed by atoms with van der Waals surface area (Å²) in [6.07, 6.45) is 1.61. The maximum Gasteiger partial charge on any atom is 0.292 e. The Bertz CT molecular complexity index is 1520. The Morgan fingerprint density at radius 2 is 1.70 bits per heavy atom. The SMILES string of the molecule is Cc1c(C(=O)C(=O)NCc2cn(CCOCCOCCOCCN=[N+]=[N-])nn2)c(C)n(C)c1C(=O)Nc1ccc(F)c(F)c1. The zero-order valence-electron chi connectivity index (χ0n) is 24.5. The van der Waals surface area contributed by atoms with E-state index in [4.69, 9.17) is 19.7 Å². The van der Waals surface area contributed by atoms with Crippen molar-refractivity contribution < 1.29 is 37.4 Å². The minimum atomic E-state index is -1.12. The van der Waals surface area contributed by atoms with Crippen LogP contribution < -0.4 is 10.6 Å². The Hall–Kier alpha value is -4.70. The lowest BCUT2D eigenvalue weighted by atomic mass is 10.0. The lowest BCUT2D eigenvalue weighted by Gasteiger charge is -2.08. The van der Waals surface area contributed by atoms with Crippen LogP contribution in [-0.2, 0) is 39.1 Å². The summed E-state index contributed by atoms with van der Waals surface area (Å²) in [5.74, 6) is -4.57. The lowest BCUT2D eigenvalue weighted by Crippen LogP contribution is -2.31. The van der Waals surface area contributed by atoms with Gasteiger partial charge in [0.25, 0.3) is 17.6 Å². The summed E-state index contributed by atoms with van der Waals surface area (Å²) in [6.45, 7) is 5.94. The molecule has 44 heavy (non-hydrogen) atoms. The first-order valence-corrected chi connectivity index (χ1v) is 13.5. The average Bonchev–Trinajstić information content (AvgIpc) is 3.54. The number of hydrogen-bond acceptors (Lipinski definition) is 9. The van der Waals surface area contributed by atoms with Crippen molar-refractivity contribution in [1.82, 2.24) is 24.9 Å². The summed E-state index contributed by atoms with van der Waals surface area (Å²) in [6, 6.07) is 2.93. The van der Waals surface area contributed by atoms with Gasteiger partial charge in [-0.25, -0.2) is 13.5 Å². The van der Waals surface area contributed by atoms with Crippen molar-refractivity contribution in [2.75, 3.05) is 51.5 Å². The fourth-order valence-corrected chi connectivity index (χ4v) is 4.14. The molecule has 0 fully saturated rings. The number of Topliss-reactive ketones (excluding diaryl/α,β-unsaturated/α-hetero) is 1. The second-order valence-corrected chi connectivity index (χ2v) is 9.35. The van der Waals surface area contributed by atoms with E-state index in [1.54, 1.807) is 20.2 Å². The highest BCUT2D eigenvalue weighted by Gasteiger charge is 2.28. The Morgan fingerprint density at radius 1 is 1.02 bits per heavy atom. The number of azide groups is 1. The van der Waals surface area contributed by atoms with E-state index in [-0.39, 0.29) is 35.6 Å². The highest BCUT2D eigenvalue weighted by molar-refractivity contribution is 6.43. The van der Waals surface area contributed by atoms with E-state index in [2.05, 4.69) is 31.0 Å². The van der Waals surface area contributed by atoms with Gasteiger partial charge >= 0.3 is 0 Å².